The van der Waals surface area contributed by atoms with E-state index in [0.29, 0.717) is 30.6 Å². The molecular formula is C32H47N3O5. The van der Waals surface area contributed by atoms with E-state index in [1.165, 1.54) is 6.92 Å². The fraction of sp³-hybridized carbons (Fsp3) is 0.531. The van der Waals surface area contributed by atoms with Gasteiger partial charge in [0, 0.05) is 31.1 Å². The molecule has 0 aliphatic rings. The number of aliphatic hydroxyl groups excluding tert-OH is 2. The van der Waals surface area contributed by atoms with Crippen LogP contribution < -0.4 is 10.6 Å². The van der Waals surface area contributed by atoms with Gasteiger partial charge >= 0.3 is 0 Å². The number of carbonyl (C=O) groups excluding carboxylic acids is 3. The van der Waals surface area contributed by atoms with E-state index in [1.807, 2.05) is 58.0 Å². The molecule has 0 saturated heterocycles. The number of nitrogens with one attached hydrogen (secondary N) is 2. The number of hydrogen-bond acceptors (Lipinski definition) is 5. The third-order valence-electron chi connectivity index (χ3n) is 6.91. The van der Waals surface area contributed by atoms with Gasteiger partial charge in [-0.3, -0.25) is 14.4 Å². The number of benzene rings is 2. The molecule has 0 spiro atoms. The maximum Gasteiger partial charge on any atom is 0.253 e. The van der Waals surface area contributed by atoms with Crippen LogP contribution in [0, 0.1) is 6.92 Å². The van der Waals surface area contributed by atoms with Crippen molar-refractivity contribution < 1.29 is 24.6 Å². The largest absolute Gasteiger partial charge is 0.388 e. The molecule has 0 fully saturated rings. The Morgan fingerprint density at radius 2 is 1.43 bits per heavy atom. The standard InChI is InChI=1S/C32H47N3O5/c1-6-9-15-27(33-23(5)36)29(37)30(38)28(20-24-13-11-10-12-14-24)34-31(39)25-18-22(4)19-26(21-25)32(40)35(16-7-2)17-8-3/h10-14,18-19,21,27-30,37-38H,6-9,15-17,20H2,1-5H3,(H,33,36)(H,34,39). The second-order valence-electron chi connectivity index (χ2n) is 10.6. The van der Waals surface area contributed by atoms with Crippen LogP contribution in [0.25, 0.3) is 0 Å². The zero-order valence-corrected chi connectivity index (χ0v) is 24.7. The van der Waals surface area contributed by atoms with Crippen LogP contribution in [-0.4, -0.2) is 70.2 Å². The van der Waals surface area contributed by atoms with Gasteiger partial charge in [0.05, 0.1) is 12.1 Å². The molecule has 0 radical (unpaired) electrons. The molecule has 2 aromatic rings. The first-order valence-electron chi connectivity index (χ1n) is 14.5. The molecule has 0 aromatic heterocycles. The molecular weight excluding hydrogens is 506 g/mol. The van der Waals surface area contributed by atoms with E-state index in [4.69, 9.17) is 0 Å². The molecule has 0 aliphatic heterocycles. The molecule has 4 unspecified atom stereocenters. The summed E-state index contributed by atoms with van der Waals surface area (Å²) in [6.07, 6.45) is 1.42. The summed E-state index contributed by atoms with van der Waals surface area (Å²) in [7, 11) is 0. The average Bonchev–Trinajstić information content (AvgIpc) is 2.93. The van der Waals surface area contributed by atoms with Gasteiger partial charge in [-0.1, -0.05) is 63.9 Å². The van der Waals surface area contributed by atoms with E-state index in [0.717, 1.165) is 36.8 Å². The van der Waals surface area contributed by atoms with Crippen LogP contribution in [0.5, 0.6) is 0 Å². The highest BCUT2D eigenvalue weighted by atomic mass is 16.3. The maximum atomic E-state index is 13.5. The minimum atomic E-state index is -1.35. The summed E-state index contributed by atoms with van der Waals surface area (Å²) in [6, 6.07) is 13.0. The highest BCUT2D eigenvalue weighted by Gasteiger charge is 2.34. The Balaban J connectivity index is 2.36. The van der Waals surface area contributed by atoms with Crippen molar-refractivity contribution in [3.8, 4) is 0 Å². The van der Waals surface area contributed by atoms with Gasteiger partial charge in [0.25, 0.3) is 11.8 Å². The van der Waals surface area contributed by atoms with Gasteiger partial charge in [-0.05, 0) is 61.9 Å². The number of rotatable bonds is 16. The van der Waals surface area contributed by atoms with E-state index >= 15 is 0 Å². The van der Waals surface area contributed by atoms with Gasteiger partial charge in [-0.2, -0.15) is 0 Å². The molecule has 0 aliphatic carbocycles. The molecule has 8 heteroatoms. The lowest BCUT2D eigenvalue weighted by molar-refractivity contribution is -0.121. The second-order valence-corrected chi connectivity index (χ2v) is 10.6. The van der Waals surface area contributed by atoms with Crippen molar-refractivity contribution in [2.45, 2.75) is 97.4 Å². The first-order chi connectivity index (χ1) is 19.1. The summed E-state index contributed by atoms with van der Waals surface area (Å²) in [5, 5.41) is 28.1. The van der Waals surface area contributed by atoms with E-state index in [-0.39, 0.29) is 18.2 Å². The zero-order chi connectivity index (χ0) is 29.7. The fourth-order valence-electron chi connectivity index (χ4n) is 4.94. The van der Waals surface area contributed by atoms with Gasteiger partial charge < -0.3 is 25.7 Å². The van der Waals surface area contributed by atoms with Crippen molar-refractivity contribution >= 4 is 17.7 Å². The molecule has 2 rings (SSSR count). The lowest BCUT2D eigenvalue weighted by Crippen LogP contribution is -2.56. The van der Waals surface area contributed by atoms with Crippen molar-refractivity contribution in [1.82, 2.24) is 15.5 Å². The first kappa shape index (κ1) is 33.0. The number of hydrogen-bond donors (Lipinski definition) is 4. The predicted octanol–water partition coefficient (Wildman–Crippen LogP) is 4.02. The van der Waals surface area contributed by atoms with Gasteiger partial charge in [-0.15, -0.1) is 0 Å². The lowest BCUT2D eigenvalue weighted by Gasteiger charge is -2.33. The van der Waals surface area contributed by atoms with E-state index in [2.05, 4.69) is 10.6 Å². The molecule has 0 saturated carbocycles. The monoisotopic (exact) mass is 553 g/mol. The summed E-state index contributed by atoms with van der Waals surface area (Å²) in [5.41, 5.74) is 2.39. The smallest absolute Gasteiger partial charge is 0.253 e. The predicted molar refractivity (Wildman–Crippen MR) is 158 cm³/mol. The average molecular weight is 554 g/mol. The molecule has 40 heavy (non-hydrogen) atoms. The van der Waals surface area contributed by atoms with Crippen LogP contribution in [0.15, 0.2) is 48.5 Å². The fourth-order valence-corrected chi connectivity index (χ4v) is 4.94. The Bertz CT molecular complexity index is 1090. The summed E-state index contributed by atoms with van der Waals surface area (Å²) in [5.74, 6) is -0.868. The maximum absolute atomic E-state index is 13.5. The molecule has 2 aromatic carbocycles. The van der Waals surface area contributed by atoms with E-state index in [9.17, 15) is 24.6 Å². The minimum Gasteiger partial charge on any atom is -0.388 e. The lowest BCUT2D eigenvalue weighted by atomic mass is 9.91. The molecule has 8 nitrogen and oxygen atoms in total. The van der Waals surface area contributed by atoms with E-state index in [1.54, 1.807) is 23.1 Å². The third-order valence-corrected chi connectivity index (χ3v) is 6.91. The Hall–Kier alpha value is -3.23. The Morgan fingerprint density at radius 3 is 2.00 bits per heavy atom. The van der Waals surface area contributed by atoms with Gasteiger partial charge in [0.2, 0.25) is 5.91 Å². The second kappa shape index (κ2) is 16.8. The van der Waals surface area contributed by atoms with Crippen LogP contribution in [-0.2, 0) is 11.2 Å². The van der Waals surface area contributed by atoms with Crippen LogP contribution in [0.4, 0.5) is 0 Å². The first-order valence-corrected chi connectivity index (χ1v) is 14.5. The SMILES string of the molecule is CCCCC(NC(C)=O)C(O)C(O)C(Cc1ccccc1)NC(=O)c1cc(C)cc(C(=O)N(CCC)CCC)c1. The molecule has 4 N–H and O–H groups in total. The number of unbranched alkanes of at least 4 members (excludes halogenated alkanes) is 1. The normalized spacial score (nSPS) is 14.1. The number of carbonyl (C=O) groups is 3. The van der Waals surface area contributed by atoms with Crippen molar-refractivity contribution in [2.75, 3.05) is 13.1 Å². The molecule has 0 heterocycles. The topological polar surface area (TPSA) is 119 Å². The Labute approximate surface area is 239 Å². The van der Waals surface area contributed by atoms with E-state index < -0.39 is 30.2 Å². The zero-order valence-electron chi connectivity index (χ0n) is 24.7. The number of nitrogens with zero attached hydrogens (tertiary/aromatic N) is 1. The van der Waals surface area contributed by atoms with Crippen molar-refractivity contribution in [2.24, 2.45) is 0 Å². The molecule has 220 valence electrons. The summed E-state index contributed by atoms with van der Waals surface area (Å²) >= 11 is 0. The van der Waals surface area contributed by atoms with Gasteiger partial charge in [-0.25, -0.2) is 0 Å². The minimum absolute atomic E-state index is 0.119. The Morgan fingerprint density at radius 1 is 0.825 bits per heavy atom. The number of aryl methyl sites for hydroxylation is 1. The van der Waals surface area contributed by atoms with Crippen molar-refractivity contribution in [3.63, 3.8) is 0 Å². The number of amides is 3. The number of aliphatic hydroxyl groups is 2. The molecule has 0 bridgehead atoms. The van der Waals surface area contributed by atoms with Crippen LogP contribution in [0.3, 0.4) is 0 Å². The van der Waals surface area contributed by atoms with Crippen LogP contribution >= 0.6 is 0 Å². The van der Waals surface area contributed by atoms with Crippen molar-refractivity contribution in [1.29, 1.82) is 0 Å². The van der Waals surface area contributed by atoms with Gasteiger partial charge in [0.15, 0.2) is 0 Å². The quantitative estimate of drug-likeness (QED) is 0.250. The summed E-state index contributed by atoms with van der Waals surface area (Å²) in [4.78, 5) is 40.4. The van der Waals surface area contributed by atoms with Crippen LogP contribution in [0.1, 0.15) is 91.6 Å². The summed E-state index contributed by atoms with van der Waals surface area (Å²) < 4.78 is 0. The summed E-state index contributed by atoms with van der Waals surface area (Å²) in [6.45, 7) is 10.5. The van der Waals surface area contributed by atoms with Crippen molar-refractivity contribution in [3.05, 3.63) is 70.8 Å². The molecule has 4 atom stereocenters. The van der Waals surface area contributed by atoms with Gasteiger partial charge in [0.1, 0.15) is 12.2 Å². The molecule has 3 amide bonds. The highest BCUT2D eigenvalue weighted by Crippen LogP contribution is 2.18. The third kappa shape index (κ3) is 10.1. The Kier molecular flexibility index (Phi) is 13.8. The van der Waals surface area contributed by atoms with Crippen LogP contribution in [0.2, 0.25) is 0 Å². The highest BCUT2D eigenvalue weighted by molar-refractivity contribution is 6.00.